The SMILES string of the molecule is CCCNCC(CCCc1ccccc1)CC(C)C. The minimum atomic E-state index is 0.810. The van der Waals surface area contributed by atoms with Gasteiger partial charge < -0.3 is 5.32 Å². The number of hydrogen-bond acceptors (Lipinski definition) is 1. The van der Waals surface area contributed by atoms with Gasteiger partial charge in [-0.1, -0.05) is 51.1 Å². The van der Waals surface area contributed by atoms with Crippen LogP contribution in [0.1, 0.15) is 52.0 Å². The zero-order valence-electron chi connectivity index (χ0n) is 13.0. The second-order valence-corrected chi connectivity index (χ2v) is 6.08. The second-order valence-electron chi connectivity index (χ2n) is 6.08. The Kier molecular flexibility index (Phi) is 8.57. The van der Waals surface area contributed by atoms with Crippen molar-refractivity contribution in [2.24, 2.45) is 11.8 Å². The third-order valence-corrected chi connectivity index (χ3v) is 3.59. The molecule has 0 spiro atoms. The third kappa shape index (κ3) is 8.05. The fourth-order valence-electron chi connectivity index (χ4n) is 2.69. The maximum Gasteiger partial charge on any atom is -0.00204 e. The Morgan fingerprint density at radius 2 is 1.84 bits per heavy atom. The number of rotatable bonds is 10. The van der Waals surface area contributed by atoms with Gasteiger partial charge >= 0.3 is 0 Å². The standard InChI is InChI=1S/C18H31N/c1-4-13-19-15-18(14-16(2)3)12-8-11-17-9-6-5-7-10-17/h5-7,9-10,16,18-19H,4,8,11-15H2,1-3H3. The first kappa shape index (κ1) is 16.2. The Balaban J connectivity index is 2.27. The zero-order valence-corrected chi connectivity index (χ0v) is 13.0. The van der Waals surface area contributed by atoms with Gasteiger partial charge in [0, 0.05) is 0 Å². The van der Waals surface area contributed by atoms with Crippen LogP contribution >= 0.6 is 0 Å². The average molecular weight is 261 g/mol. The molecule has 0 saturated heterocycles. The molecule has 1 aromatic carbocycles. The third-order valence-electron chi connectivity index (χ3n) is 3.59. The first-order valence-corrected chi connectivity index (χ1v) is 7.97. The van der Waals surface area contributed by atoms with Crippen molar-refractivity contribution in [2.75, 3.05) is 13.1 Å². The van der Waals surface area contributed by atoms with Crippen LogP contribution in [-0.4, -0.2) is 13.1 Å². The molecule has 108 valence electrons. The lowest BCUT2D eigenvalue weighted by atomic mass is 9.91. The fraction of sp³-hybridized carbons (Fsp3) is 0.667. The largest absolute Gasteiger partial charge is 0.316 e. The number of nitrogens with one attached hydrogen (secondary N) is 1. The van der Waals surface area contributed by atoms with Crippen molar-refractivity contribution in [1.82, 2.24) is 5.32 Å². The highest BCUT2D eigenvalue weighted by molar-refractivity contribution is 5.14. The summed E-state index contributed by atoms with van der Waals surface area (Å²) in [6, 6.07) is 10.9. The van der Waals surface area contributed by atoms with Gasteiger partial charge in [-0.05, 0) is 62.6 Å². The van der Waals surface area contributed by atoms with E-state index < -0.39 is 0 Å². The van der Waals surface area contributed by atoms with Gasteiger partial charge in [0.1, 0.15) is 0 Å². The normalized spacial score (nSPS) is 12.8. The summed E-state index contributed by atoms with van der Waals surface area (Å²) >= 11 is 0. The minimum Gasteiger partial charge on any atom is -0.316 e. The average Bonchev–Trinajstić information content (AvgIpc) is 2.39. The van der Waals surface area contributed by atoms with Gasteiger partial charge in [-0.15, -0.1) is 0 Å². The molecule has 1 atom stereocenters. The fourth-order valence-corrected chi connectivity index (χ4v) is 2.69. The summed E-state index contributed by atoms with van der Waals surface area (Å²) < 4.78 is 0. The van der Waals surface area contributed by atoms with Gasteiger partial charge in [0.2, 0.25) is 0 Å². The van der Waals surface area contributed by atoms with Gasteiger partial charge in [0.15, 0.2) is 0 Å². The van der Waals surface area contributed by atoms with E-state index in [4.69, 9.17) is 0 Å². The van der Waals surface area contributed by atoms with Gasteiger partial charge in [-0.3, -0.25) is 0 Å². The molecule has 1 rings (SSSR count). The van der Waals surface area contributed by atoms with Crippen LogP contribution in [0.2, 0.25) is 0 Å². The van der Waals surface area contributed by atoms with Crippen molar-refractivity contribution in [1.29, 1.82) is 0 Å². The maximum atomic E-state index is 3.59. The van der Waals surface area contributed by atoms with Crippen LogP contribution in [0.5, 0.6) is 0 Å². The molecule has 1 N–H and O–H groups in total. The van der Waals surface area contributed by atoms with Gasteiger partial charge in [-0.25, -0.2) is 0 Å². The first-order valence-electron chi connectivity index (χ1n) is 7.97. The van der Waals surface area contributed by atoms with E-state index in [0.717, 1.165) is 18.4 Å². The van der Waals surface area contributed by atoms with Crippen molar-refractivity contribution in [3.63, 3.8) is 0 Å². The minimum absolute atomic E-state index is 0.810. The number of aryl methyl sites for hydroxylation is 1. The topological polar surface area (TPSA) is 12.0 Å². The van der Waals surface area contributed by atoms with E-state index in [1.54, 1.807) is 0 Å². The molecule has 19 heavy (non-hydrogen) atoms. The van der Waals surface area contributed by atoms with Gasteiger partial charge in [0.05, 0.1) is 0 Å². The monoisotopic (exact) mass is 261 g/mol. The molecule has 1 nitrogen and oxygen atoms in total. The lowest BCUT2D eigenvalue weighted by Crippen LogP contribution is -2.24. The summed E-state index contributed by atoms with van der Waals surface area (Å²) in [5, 5.41) is 3.59. The summed E-state index contributed by atoms with van der Waals surface area (Å²) in [7, 11) is 0. The molecule has 0 aromatic heterocycles. The highest BCUT2D eigenvalue weighted by atomic mass is 14.8. The Morgan fingerprint density at radius 3 is 2.47 bits per heavy atom. The summed E-state index contributed by atoms with van der Waals surface area (Å²) in [6.45, 7) is 9.27. The lowest BCUT2D eigenvalue weighted by molar-refractivity contribution is 0.359. The van der Waals surface area contributed by atoms with Crippen molar-refractivity contribution < 1.29 is 0 Å². The van der Waals surface area contributed by atoms with Crippen LogP contribution < -0.4 is 5.32 Å². The quantitative estimate of drug-likeness (QED) is 0.603. The van der Waals surface area contributed by atoms with Crippen LogP contribution in [0.4, 0.5) is 0 Å². The molecule has 1 unspecified atom stereocenters. The Morgan fingerprint density at radius 1 is 1.11 bits per heavy atom. The van der Waals surface area contributed by atoms with Crippen LogP contribution in [0.3, 0.4) is 0 Å². The first-order chi connectivity index (χ1) is 9.22. The molecule has 0 heterocycles. The molecule has 1 aromatic rings. The van der Waals surface area contributed by atoms with E-state index in [9.17, 15) is 0 Å². The highest BCUT2D eigenvalue weighted by Gasteiger charge is 2.10. The molecule has 0 radical (unpaired) electrons. The van der Waals surface area contributed by atoms with E-state index in [1.165, 1.54) is 44.2 Å². The van der Waals surface area contributed by atoms with Gasteiger partial charge in [0.25, 0.3) is 0 Å². The van der Waals surface area contributed by atoms with E-state index >= 15 is 0 Å². The Hall–Kier alpha value is -0.820. The van der Waals surface area contributed by atoms with Crippen molar-refractivity contribution in [3.05, 3.63) is 35.9 Å². The van der Waals surface area contributed by atoms with Crippen molar-refractivity contribution >= 4 is 0 Å². The second kappa shape index (κ2) is 10.0. The predicted octanol–water partition coefficient (Wildman–Crippen LogP) is 4.67. The van der Waals surface area contributed by atoms with Crippen molar-refractivity contribution in [3.8, 4) is 0 Å². The molecule has 0 aliphatic rings. The maximum absolute atomic E-state index is 3.59. The Bertz CT molecular complexity index is 305. The van der Waals surface area contributed by atoms with E-state index in [0.29, 0.717) is 0 Å². The molecule has 0 aliphatic carbocycles. The number of benzene rings is 1. The molecular formula is C18H31N. The molecule has 0 amide bonds. The van der Waals surface area contributed by atoms with Crippen LogP contribution in [0.15, 0.2) is 30.3 Å². The van der Waals surface area contributed by atoms with Crippen molar-refractivity contribution in [2.45, 2.75) is 52.9 Å². The molecule has 1 heteroatoms. The summed E-state index contributed by atoms with van der Waals surface area (Å²) in [4.78, 5) is 0. The van der Waals surface area contributed by atoms with Gasteiger partial charge in [-0.2, -0.15) is 0 Å². The molecule has 0 aliphatic heterocycles. The smallest absolute Gasteiger partial charge is 0.00204 e. The summed E-state index contributed by atoms with van der Waals surface area (Å²) in [5.41, 5.74) is 1.48. The van der Waals surface area contributed by atoms with Crippen LogP contribution in [0, 0.1) is 11.8 Å². The molecule has 0 fully saturated rings. The predicted molar refractivity (Wildman–Crippen MR) is 85.5 cm³/mol. The van der Waals surface area contributed by atoms with E-state index in [1.807, 2.05) is 0 Å². The van der Waals surface area contributed by atoms with E-state index in [-0.39, 0.29) is 0 Å². The molecule has 0 saturated carbocycles. The highest BCUT2D eigenvalue weighted by Crippen LogP contribution is 2.18. The summed E-state index contributed by atoms with van der Waals surface area (Å²) in [6.07, 6.45) is 6.48. The zero-order chi connectivity index (χ0) is 13.9. The lowest BCUT2D eigenvalue weighted by Gasteiger charge is -2.19. The van der Waals surface area contributed by atoms with Crippen LogP contribution in [-0.2, 0) is 6.42 Å². The Labute approximate surface area is 119 Å². The van der Waals surface area contributed by atoms with E-state index in [2.05, 4.69) is 56.4 Å². The molecule has 0 bridgehead atoms. The number of hydrogen-bond donors (Lipinski definition) is 1. The summed E-state index contributed by atoms with van der Waals surface area (Å²) in [5.74, 6) is 1.65. The molecular weight excluding hydrogens is 230 g/mol. The van der Waals surface area contributed by atoms with Crippen LogP contribution in [0.25, 0.3) is 0 Å².